The molecule has 1 aliphatic rings. The van der Waals surface area contributed by atoms with Gasteiger partial charge in [-0.3, -0.25) is 14.6 Å². The fourth-order valence-corrected chi connectivity index (χ4v) is 3.55. The monoisotopic (exact) mass is 304 g/mol. The lowest BCUT2D eigenvalue weighted by Gasteiger charge is -2.24. The van der Waals surface area contributed by atoms with Gasteiger partial charge < -0.3 is 0 Å². The Morgan fingerprint density at radius 2 is 2.24 bits per heavy atom. The number of likely N-dealkylation sites (tertiary alicyclic amines) is 1. The first-order chi connectivity index (χ1) is 10.2. The van der Waals surface area contributed by atoms with Crippen molar-refractivity contribution in [2.75, 3.05) is 13.1 Å². The molecule has 2 aromatic heterocycles. The smallest absolute Gasteiger partial charge is 0.131 e. The summed E-state index contributed by atoms with van der Waals surface area (Å²) in [4.78, 5) is 6.93. The summed E-state index contributed by atoms with van der Waals surface area (Å²) in [6.07, 6.45) is 5.22. The molecule has 5 heteroatoms. The van der Waals surface area contributed by atoms with Crippen molar-refractivity contribution in [3.8, 4) is 0 Å². The molecule has 1 aliphatic heterocycles. The van der Waals surface area contributed by atoms with E-state index in [9.17, 15) is 0 Å². The van der Waals surface area contributed by atoms with Gasteiger partial charge in [-0.2, -0.15) is 5.10 Å². The van der Waals surface area contributed by atoms with Crippen LogP contribution in [0.5, 0.6) is 0 Å². The molecule has 2 aromatic rings. The van der Waals surface area contributed by atoms with Crippen LogP contribution in [0, 0.1) is 6.92 Å². The van der Waals surface area contributed by atoms with Crippen molar-refractivity contribution in [1.29, 1.82) is 0 Å². The Labute approximate surface area is 130 Å². The van der Waals surface area contributed by atoms with Crippen molar-refractivity contribution >= 4 is 11.6 Å². The van der Waals surface area contributed by atoms with Crippen LogP contribution in [0.15, 0.2) is 24.4 Å². The second-order valence-corrected chi connectivity index (χ2v) is 6.04. The number of aryl methyl sites for hydroxylation is 2. The zero-order valence-corrected chi connectivity index (χ0v) is 13.3. The topological polar surface area (TPSA) is 34.0 Å². The molecule has 3 rings (SSSR count). The van der Waals surface area contributed by atoms with Crippen LogP contribution in [-0.4, -0.2) is 32.8 Å². The van der Waals surface area contributed by atoms with E-state index in [2.05, 4.69) is 28.0 Å². The second kappa shape index (κ2) is 6.16. The van der Waals surface area contributed by atoms with E-state index in [-0.39, 0.29) is 0 Å². The van der Waals surface area contributed by atoms with Crippen LogP contribution in [-0.2, 0) is 13.5 Å². The van der Waals surface area contributed by atoms with Crippen molar-refractivity contribution in [2.45, 2.75) is 32.2 Å². The number of aromatic nitrogens is 3. The first-order valence-electron chi connectivity index (χ1n) is 7.50. The quantitative estimate of drug-likeness (QED) is 0.870. The van der Waals surface area contributed by atoms with Crippen molar-refractivity contribution < 1.29 is 0 Å². The number of pyridine rings is 1. The molecule has 112 valence electrons. The molecule has 0 radical (unpaired) electrons. The van der Waals surface area contributed by atoms with Crippen LogP contribution >= 0.6 is 11.6 Å². The third-order valence-electron chi connectivity index (χ3n) is 4.27. The Bertz CT molecular complexity index is 608. The van der Waals surface area contributed by atoms with E-state index < -0.39 is 0 Å². The molecule has 0 N–H and O–H groups in total. The summed E-state index contributed by atoms with van der Waals surface area (Å²) in [6, 6.07) is 6.50. The molecule has 1 fully saturated rings. The zero-order chi connectivity index (χ0) is 14.8. The van der Waals surface area contributed by atoms with Gasteiger partial charge in [-0.05, 0) is 38.4 Å². The molecular formula is C16H21ClN4. The minimum absolute atomic E-state index is 0.398. The van der Waals surface area contributed by atoms with E-state index in [4.69, 9.17) is 11.6 Å². The Morgan fingerprint density at radius 1 is 1.38 bits per heavy atom. The van der Waals surface area contributed by atoms with Crippen molar-refractivity contribution in [1.82, 2.24) is 19.7 Å². The molecule has 0 bridgehead atoms. The minimum atomic E-state index is 0.398. The highest BCUT2D eigenvalue weighted by Gasteiger charge is 2.30. The molecule has 1 atom stereocenters. The summed E-state index contributed by atoms with van der Waals surface area (Å²) in [7, 11) is 1.91. The van der Waals surface area contributed by atoms with Crippen LogP contribution in [0.2, 0.25) is 5.15 Å². The van der Waals surface area contributed by atoms with E-state index >= 15 is 0 Å². The van der Waals surface area contributed by atoms with Gasteiger partial charge in [0.05, 0.1) is 5.69 Å². The van der Waals surface area contributed by atoms with Gasteiger partial charge in [0.2, 0.25) is 0 Å². The van der Waals surface area contributed by atoms with Crippen LogP contribution in [0.1, 0.15) is 35.8 Å². The first-order valence-corrected chi connectivity index (χ1v) is 7.87. The molecule has 0 aliphatic carbocycles. The molecule has 0 aromatic carbocycles. The maximum absolute atomic E-state index is 6.44. The zero-order valence-electron chi connectivity index (χ0n) is 12.6. The van der Waals surface area contributed by atoms with Gasteiger partial charge in [0, 0.05) is 43.5 Å². The molecule has 0 unspecified atom stereocenters. The van der Waals surface area contributed by atoms with E-state index in [1.165, 1.54) is 12.0 Å². The number of nitrogens with zero attached hydrogens (tertiary/aromatic N) is 4. The third-order valence-corrected chi connectivity index (χ3v) is 4.72. The molecule has 0 amide bonds. The summed E-state index contributed by atoms with van der Waals surface area (Å²) >= 11 is 6.44. The van der Waals surface area contributed by atoms with Gasteiger partial charge in [-0.1, -0.05) is 17.7 Å². The van der Waals surface area contributed by atoms with Crippen molar-refractivity contribution in [2.24, 2.45) is 7.05 Å². The van der Waals surface area contributed by atoms with Gasteiger partial charge in [-0.15, -0.1) is 0 Å². The normalized spacial score (nSPS) is 19.3. The molecule has 0 spiro atoms. The summed E-state index contributed by atoms with van der Waals surface area (Å²) in [5.74, 6) is 0. The van der Waals surface area contributed by atoms with E-state index in [1.807, 2.05) is 25.4 Å². The van der Waals surface area contributed by atoms with Gasteiger partial charge in [0.15, 0.2) is 0 Å². The Hall–Kier alpha value is -1.39. The highest BCUT2D eigenvalue weighted by Crippen LogP contribution is 2.37. The van der Waals surface area contributed by atoms with Crippen molar-refractivity contribution in [3.05, 3.63) is 46.5 Å². The highest BCUT2D eigenvalue weighted by atomic mass is 35.5. The fraction of sp³-hybridized carbons (Fsp3) is 0.500. The van der Waals surface area contributed by atoms with Crippen LogP contribution in [0.25, 0.3) is 0 Å². The van der Waals surface area contributed by atoms with Crippen molar-refractivity contribution in [3.63, 3.8) is 0 Å². The standard InChI is InChI=1S/C16H21ClN4/c1-12-15(16(17)20(2)19-12)14-7-5-10-21(14)11-8-13-6-3-4-9-18-13/h3-4,6,9,14H,5,7-8,10-11H2,1-2H3/t14-/m0/s1. The predicted octanol–water partition coefficient (Wildman–Crippen LogP) is 3.16. The molecule has 3 heterocycles. The molecular weight excluding hydrogens is 284 g/mol. The van der Waals surface area contributed by atoms with Crippen LogP contribution < -0.4 is 0 Å². The van der Waals surface area contributed by atoms with E-state index in [0.717, 1.165) is 42.5 Å². The van der Waals surface area contributed by atoms with Gasteiger partial charge in [0.25, 0.3) is 0 Å². The van der Waals surface area contributed by atoms with Gasteiger partial charge in [0.1, 0.15) is 5.15 Å². The number of halogens is 1. The summed E-state index contributed by atoms with van der Waals surface area (Å²) in [6.45, 7) is 4.20. The van der Waals surface area contributed by atoms with Crippen LogP contribution in [0.4, 0.5) is 0 Å². The Balaban J connectivity index is 1.73. The first kappa shape index (κ1) is 14.5. The Morgan fingerprint density at radius 3 is 2.90 bits per heavy atom. The number of hydrogen-bond acceptors (Lipinski definition) is 3. The maximum Gasteiger partial charge on any atom is 0.131 e. The van der Waals surface area contributed by atoms with E-state index in [1.54, 1.807) is 4.68 Å². The molecule has 0 saturated carbocycles. The SMILES string of the molecule is Cc1nn(C)c(Cl)c1[C@@H]1CCCN1CCc1ccccn1. The highest BCUT2D eigenvalue weighted by molar-refractivity contribution is 6.30. The van der Waals surface area contributed by atoms with Gasteiger partial charge >= 0.3 is 0 Å². The average molecular weight is 305 g/mol. The lowest BCUT2D eigenvalue weighted by Crippen LogP contribution is -2.26. The van der Waals surface area contributed by atoms with Crippen LogP contribution in [0.3, 0.4) is 0 Å². The predicted molar refractivity (Wildman–Crippen MR) is 84.4 cm³/mol. The lowest BCUT2D eigenvalue weighted by molar-refractivity contribution is 0.259. The largest absolute Gasteiger partial charge is 0.296 e. The minimum Gasteiger partial charge on any atom is -0.296 e. The summed E-state index contributed by atoms with van der Waals surface area (Å²) in [5, 5.41) is 5.23. The average Bonchev–Trinajstić information content (AvgIpc) is 3.03. The molecule has 4 nitrogen and oxygen atoms in total. The van der Waals surface area contributed by atoms with E-state index in [0.29, 0.717) is 6.04 Å². The number of hydrogen-bond donors (Lipinski definition) is 0. The lowest BCUT2D eigenvalue weighted by atomic mass is 10.1. The Kier molecular flexibility index (Phi) is 4.27. The van der Waals surface area contributed by atoms with Gasteiger partial charge in [-0.25, -0.2) is 0 Å². The molecule has 21 heavy (non-hydrogen) atoms. The summed E-state index contributed by atoms with van der Waals surface area (Å²) < 4.78 is 1.78. The number of rotatable bonds is 4. The summed E-state index contributed by atoms with van der Waals surface area (Å²) in [5.41, 5.74) is 3.41. The maximum atomic E-state index is 6.44. The molecule has 1 saturated heterocycles. The second-order valence-electron chi connectivity index (χ2n) is 5.68. The fourth-order valence-electron chi connectivity index (χ4n) is 3.25. The third kappa shape index (κ3) is 2.97.